The number of benzene rings is 1. The molecule has 2 aromatic rings. The molecule has 0 saturated carbocycles. The van der Waals surface area contributed by atoms with Crippen LogP contribution < -0.4 is 5.32 Å². The van der Waals surface area contributed by atoms with Gasteiger partial charge in [0.2, 0.25) is 5.91 Å². The van der Waals surface area contributed by atoms with Gasteiger partial charge in [-0.1, -0.05) is 29.3 Å². The number of hydrogen-bond donors (Lipinski definition) is 1. The molecule has 6 nitrogen and oxygen atoms in total. The summed E-state index contributed by atoms with van der Waals surface area (Å²) in [5.41, 5.74) is 0.920. The zero-order valence-corrected chi connectivity index (χ0v) is 15.4. The van der Waals surface area contributed by atoms with E-state index in [0.29, 0.717) is 21.3 Å². The van der Waals surface area contributed by atoms with Crippen LogP contribution in [0.3, 0.4) is 0 Å². The van der Waals surface area contributed by atoms with Crippen LogP contribution in [-0.2, 0) is 9.59 Å². The monoisotopic (exact) mass is 407 g/mol. The minimum atomic E-state index is -0.572. The van der Waals surface area contributed by atoms with Crippen molar-refractivity contribution >= 4 is 63.8 Å². The van der Waals surface area contributed by atoms with Crippen molar-refractivity contribution in [1.29, 1.82) is 0 Å². The molecule has 1 fully saturated rings. The normalized spacial score (nSPS) is 15.6. The van der Waals surface area contributed by atoms with Crippen LogP contribution in [0.2, 0.25) is 10.0 Å². The van der Waals surface area contributed by atoms with Crippen LogP contribution in [-0.4, -0.2) is 33.5 Å². The molecule has 0 aliphatic carbocycles. The third-order valence-electron chi connectivity index (χ3n) is 3.40. The molecular formula is C17H11Cl2N3O3S. The van der Waals surface area contributed by atoms with Crippen LogP contribution >= 0.6 is 35.0 Å². The second-order valence-corrected chi connectivity index (χ2v) is 7.00. The summed E-state index contributed by atoms with van der Waals surface area (Å²) in [5, 5.41) is 2.76. The molecule has 9 heteroatoms. The highest BCUT2D eigenvalue weighted by atomic mass is 35.5. The van der Waals surface area contributed by atoms with E-state index in [1.54, 1.807) is 36.5 Å². The fraction of sp³-hybridized carbons (Fsp3) is 0.0588. The molecule has 2 heterocycles. The Morgan fingerprint density at radius 2 is 1.92 bits per heavy atom. The Hall–Kier alpha value is -2.35. The van der Waals surface area contributed by atoms with Gasteiger partial charge in [0.05, 0.1) is 16.8 Å². The number of rotatable bonds is 4. The number of pyridine rings is 1. The number of imide groups is 1. The summed E-state index contributed by atoms with van der Waals surface area (Å²) in [6.07, 6.45) is 4.48. The molecular weight excluding hydrogens is 397 g/mol. The summed E-state index contributed by atoms with van der Waals surface area (Å²) < 4.78 is 0. The second-order valence-electron chi connectivity index (χ2n) is 5.19. The minimum Gasteiger partial charge on any atom is -0.323 e. The third-order valence-corrected chi connectivity index (χ3v) is 4.96. The molecule has 26 heavy (non-hydrogen) atoms. The van der Waals surface area contributed by atoms with Crippen molar-refractivity contribution in [2.24, 2.45) is 0 Å². The van der Waals surface area contributed by atoms with E-state index in [1.165, 1.54) is 12.3 Å². The van der Waals surface area contributed by atoms with Crippen molar-refractivity contribution < 1.29 is 14.4 Å². The largest absolute Gasteiger partial charge is 0.323 e. The lowest BCUT2D eigenvalue weighted by Gasteiger charge is -2.12. The van der Waals surface area contributed by atoms with Gasteiger partial charge in [0.1, 0.15) is 6.54 Å². The SMILES string of the molecule is O=C(CN1C(=O)SC(=Cc2c(Cl)cccc2Cl)C1=O)Nc1cccnc1. The highest BCUT2D eigenvalue weighted by Gasteiger charge is 2.36. The van der Waals surface area contributed by atoms with Gasteiger partial charge in [-0.3, -0.25) is 24.3 Å². The molecule has 132 valence electrons. The number of halogens is 2. The molecule has 1 saturated heterocycles. The van der Waals surface area contributed by atoms with Crippen LogP contribution in [0.15, 0.2) is 47.6 Å². The maximum Gasteiger partial charge on any atom is 0.294 e. The maximum absolute atomic E-state index is 12.5. The quantitative estimate of drug-likeness (QED) is 0.772. The minimum absolute atomic E-state index is 0.152. The number of anilines is 1. The molecule has 0 atom stereocenters. The van der Waals surface area contributed by atoms with Crippen molar-refractivity contribution in [3.8, 4) is 0 Å². The number of aromatic nitrogens is 1. The van der Waals surface area contributed by atoms with Crippen molar-refractivity contribution in [2.75, 3.05) is 11.9 Å². The van der Waals surface area contributed by atoms with Gasteiger partial charge in [0, 0.05) is 21.8 Å². The van der Waals surface area contributed by atoms with Gasteiger partial charge < -0.3 is 5.32 Å². The first-order valence-electron chi connectivity index (χ1n) is 7.35. The predicted octanol–water partition coefficient (Wildman–Crippen LogP) is 4.06. The molecule has 0 unspecified atom stereocenters. The molecule has 0 radical (unpaired) electrons. The van der Waals surface area contributed by atoms with Gasteiger partial charge in [0.15, 0.2) is 0 Å². The number of carbonyl (C=O) groups excluding carboxylic acids is 3. The average Bonchev–Trinajstić information content (AvgIpc) is 2.86. The Morgan fingerprint density at radius 1 is 1.19 bits per heavy atom. The Labute approximate surface area is 163 Å². The lowest BCUT2D eigenvalue weighted by Crippen LogP contribution is -2.36. The Morgan fingerprint density at radius 3 is 2.58 bits per heavy atom. The smallest absolute Gasteiger partial charge is 0.294 e. The summed E-state index contributed by atoms with van der Waals surface area (Å²) in [6, 6.07) is 8.25. The number of nitrogens with zero attached hydrogens (tertiary/aromatic N) is 2. The summed E-state index contributed by atoms with van der Waals surface area (Å²) in [7, 11) is 0. The van der Waals surface area contributed by atoms with Crippen molar-refractivity contribution in [3.63, 3.8) is 0 Å². The average molecular weight is 408 g/mol. The Bertz CT molecular complexity index is 898. The lowest BCUT2D eigenvalue weighted by atomic mass is 10.2. The highest BCUT2D eigenvalue weighted by Crippen LogP contribution is 2.35. The number of thioether (sulfide) groups is 1. The fourth-order valence-corrected chi connectivity index (χ4v) is 3.52. The summed E-state index contributed by atoms with van der Waals surface area (Å²) >= 11 is 12.9. The van der Waals surface area contributed by atoms with E-state index >= 15 is 0 Å². The van der Waals surface area contributed by atoms with E-state index in [1.807, 2.05) is 0 Å². The van der Waals surface area contributed by atoms with Crippen molar-refractivity contribution in [2.45, 2.75) is 0 Å². The van der Waals surface area contributed by atoms with Crippen LogP contribution in [0.4, 0.5) is 10.5 Å². The molecule has 3 amide bonds. The van der Waals surface area contributed by atoms with Gasteiger partial charge in [-0.25, -0.2) is 0 Å². The molecule has 0 bridgehead atoms. The molecule has 1 aliphatic heterocycles. The lowest BCUT2D eigenvalue weighted by molar-refractivity contribution is -0.127. The number of nitrogens with one attached hydrogen (secondary N) is 1. The fourth-order valence-electron chi connectivity index (χ4n) is 2.20. The molecule has 1 N–H and O–H groups in total. The van der Waals surface area contributed by atoms with Gasteiger partial charge in [-0.2, -0.15) is 0 Å². The molecule has 1 aromatic carbocycles. The van der Waals surface area contributed by atoms with Crippen LogP contribution in [0.1, 0.15) is 5.56 Å². The Kier molecular flexibility index (Phi) is 5.61. The zero-order chi connectivity index (χ0) is 18.7. The maximum atomic E-state index is 12.5. The standard InChI is InChI=1S/C17H11Cl2N3O3S/c18-12-4-1-5-13(19)11(12)7-14-16(24)22(17(25)26-14)9-15(23)21-10-3-2-6-20-8-10/h1-8H,9H2,(H,21,23). The summed E-state index contributed by atoms with van der Waals surface area (Å²) in [4.78, 5) is 41.6. The molecule has 0 spiro atoms. The van der Waals surface area contributed by atoms with E-state index in [2.05, 4.69) is 10.3 Å². The van der Waals surface area contributed by atoms with Crippen LogP contribution in [0.5, 0.6) is 0 Å². The summed E-state index contributed by atoms with van der Waals surface area (Å²) in [6.45, 7) is -0.396. The second kappa shape index (κ2) is 7.90. The number of amides is 3. The third kappa shape index (κ3) is 4.07. The van der Waals surface area contributed by atoms with E-state index in [9.17, 15) is 14.4 Å². The van der Waals surface area contributed by atoms with E-state index in [0.717, 1.165) is 16.7 Å². The number of hydrogen-bond acceptors (Lipinski definition) is 5. The van der Waals surface area contributed by atoms with Crippen molar-refractivity contribution in [3.05, 3.63) is 63.2 Å². The van der Waals surface area contributed by atoms with Gasteiger partial charge in [-0.05, 0) is 42.1 Å². The van der Waals surface area contributed by atoms with Crippen LogP contribution in [0.25, 0.3) is 6.08 Å². The van der Waals surface area contributed by atoms with E-state index in [4.69, 9.17) is 23.2 Å². The van der Waals surface area contributed by atoms with Crippen molar-refractivity contribution in [1.82, 2.24) is 9.88 Å². The summed E-state index contributed by atoms with van der Waals surface area (Å²) in [5.74, 6) is -1.07. The number of carbonyl (C=O) groups is 3. The van der Waals surface area contributed by atoms with E-state index < -0.39 is 23.6 Å². The highest BCUT2D eigenvalue weighted by molar-refractivity contribution is 8.18. The first-order chi connectivity index (χ1) is 12.5. The molecule has 3 rings (SSSR count). The first kappa shape index (κ1) is 18.4. The van der Waals surface area contributed by atoms with Gasteiger partial charge in [0.25, 0.3) is 11.1 Å². The zero-order valence-electron chi connectivity index (χ0n) is 13.1. The molecule has 1 aromatic heterocycles. The predicted molar refractivity (Wildman–Crippen MR) is 102 cm³/mol. The first-order valence-corrected chi connectivity index (χ1v) is 8.92. The van der Waals surface area contributed by atoms with Gasteiger partial charge >= 0.3 is 0 Å². The van der Waals surface area contributed by atoms with Gasteiger partial charge in [-0.15, -0.1) is 0 Å². The molecule has 1 aliphatic rings. The van der Waals surface area contributed by atoms with E-state index in [-0.39, 0.29) is 4.91 Å². The van der Waals surface area contributed by atoms with Crippen LogP contribution in [0, 0.1) is 0 Å². The Balaban J connectivity index is 1.75. The topological polar surface area (TPSA) is 79.4 Å².